The highest BCUT2D eigenvalue weighted by Crippen LogP contribution is 2.51. The van der Waals surface area contributed by atoms with Gasteiger partial charge in [0.25, 0.3) is 0 Å². The smallest absolute Gasteiger partial charge is 0.0484 e. The number of rotatable bonds is 5. The number of hydrogen-bond donors (Lipinski definition) is 1. The molecule has 2 rings (SSSR count). The molecule has 2 nitrogen and oxygen atoms in total. The maximum absolute atomic E-state index is 3.69. The van der Waals surface area contributed by atoms with E-state index in [2.05, 4.69) is 133 Å². The molecular formula is C33H54N2. The Morgan fingerprint density at radius 3 is 1.60 bits per heavy atom. The lowest BCUT2D eigenvalue weighted by atomic mass is 9.72. The standard InChI is InChI=1S/C33H54N2/c1-17-35(16)30-26(33(12,13)14)19-24(31(6,7)8)22(5)28(30)27-21(4)23(20(2)3)18-25(29(27)34-15)32(9,10)11/h18-20,34H,17H2,1-16H3. The zero-order valence-corrected chi connectivity index (χ0v) is 25.9. The summed E-state index contributed by atoms with van der Waals surface area (Å²) in [7, 11) is 4.36. The topological polar surface area (TPSA) is 15.3 Å². The van der Waals surface area contributed by atoms with Gasteiger partial charge < -0.3 is 10.2 Å². The summed E-state index contributed by atoms with van der Waals surface area (Å²) in [5, 5.41) is 3.69. The van der Waals surface area contributed by atoms with Gasteiger partial charge in [-0.05, 0) is 76.3 Å². The van der Waals surface area contributed by atoms with Crippen molar-refractivity contribution in [1.29, 1.82) is 0 Å². The van der Waals surface area contributed by atoms with Crippen molar-refractivity contribution in [2.24, 2.45) is 0 Å². The van der Waals surface area contributed by atoms with E-state index in [4.69, 9.17) is 0 Å². The minimum Gasteiger partial charge on any atom is -0.387 e. The average Bonchev–Trinajstić information content (AvgIpc) is 2.69. The summed E-state index contributed by atoms with van der Waals surface area (Å²) in [5.74, 6) is 0.460. The number of benzene rings is 2. The second kappa shape index (κ2) is 9.83. The van der Waals surface area contributed by atoms with E-state index in [-0.39, 0.29) is 16.2 Å². The van der Waals surface area contributed by atoms with Crippen molar-refractivity contribution in [3.05, 3.63) is 45.5 Å². The molecule has 0 bridgehead atoms. The van der Waals surface area contributed by atoms with E-state index < -0.39 is 0 Å². The predicted octanol–water partition coefficient (Wildman–Crippen LogP) is 9.48. The van der Waals surface area contributed by atoms with Crippen molar-refractivity contribution >= 4 is 11.4 Å². The Morgan fingerprint density at radius 2 is 1.23 bits per heavy atom. The highest BCUT2D eigenvalue weighted by atomic mass is 15.1. The number of hydrogen-bond acceptors (Lipinski definition) is 2. The van der Waals surface area contributed by atoms with Crippen LogP contribution in [0, 0.1) is 13.8 Å². The van der Waals surface area contributed by atoms with Crippen LogP contribution >= 0.6 is 0 Å². The molecule has 0 atom stereocenters. The van der Waals surface area contributed by atoms with Crippen molar-refractivity contribution in [2.75, 3.05) is 30.9 Å². The monoisotopic (exact) mass is 478 g/mol. The van der Waals surface area contributed by atoms with Gasteiger partial charge in [-0.25, -0.2) is 0 Å². The van der Waals surface area contributed by atoms with Crippen LogP contribution in [0.25, 0.3) is 11.1 Å². The summed E-state index contributed by atoms with van der Waals surface area (Å²) in [4.78, 5) is 2.47. The van der Waals surface area contributed by atoms with E-state index in [0.717, 1.165) is 6.54 Å². The molecule has 2 aromatic carbocycles. The van der Waals surface area contributed by atoms with E-state index in [1.807, 2.05) is 0 Å². The van der Waals surface area contributed by atoms with Gasteiger partial charge in [-0.2, -0.15) is 0 Å². The third-order valence-electron chi connectivity index (χ3n) is 7.59. The Labute approximate surface area is 217 Å². The van der Waals surface area contributed by atoms with Gasteiger partial charge in [-0.1, -0.05) is 88.3 Å². The van der Waals surface area contributed by atoms with E-state index in [0.29, 0.717) is 5.92 Å². The maximum atomic E-state index is 3.69. The molecule has 2 aromatic rings. The molecule has 2 heteroatoms. The summed E-state index contributed by atoms with van der Waals surface area (Å²) in [6, 6.07) is 4.97. The third kappa shape index (κ3) is 5.57. The predicted molar refractivity (Wildman–Crippen MR) is 160 cm³/mol. The van der Waals surface area contributed by atoms with Crippen molar-refractivity contribution in [2.45, 2.75) is 119 Å². The Balaban J connectivity index is 3.38. The largest absolute Gasteiger partial charge is 0.387 e. The molecule has 0 unspecified atom stereocenters. The van der Waals surface area contributed by atoms with Crippen LogP contribution in [0.2, 0.25) is 0 Å². The Morgan fingerprint density at radius 1 is 0.743 bits per heavy atom. The molecule has 0 saturated heterocycles. The van der Waals surface area contributed by atoms with Crippen LogP contribution in [0.1, 0.15) is 122 Å². The van der Waals surface area contributed by atoms with Gasteiger partial charge in [-0.3, -0.25) is 0 Å². The zero-order chi connectivity index (χ0) is 27.3. The lowest BCUT2D eigenvalue weighted by molar-refractivity contribution is 0.565. The van der Waals surface area contributed by atoms with Crippen LogP contribution in [0.15, 0.2) is 12.1 Å². The van der Waals surface area contributed by atoms with Crippen molar-refractivity contribution < 1.29 is 0 Å². The Hall–Kier alpha value is -1.96. The van der Waals surface area contributed by atoms with Crippen LogP contribution in [-0.4, -0.2) is 20.6 Å². The summed E-state index contributed by atoms with van der Waals surface area (Å²) in [5.41, 5.74) is 14.1. The summed E-state index contributed by atoms with van der Waals surface area (Å²) in [6.07, 6.45) is 0. The first-order chi connectivity index (χ1) is 15.8. The lowest BCUT2D eigenvalue weighted by Crippen LogP contribution is -2.26. The van der Waals surface area contributed by atoms with Gasteiger partial charge in [-0.15, -0.1) is 0 Å². The normalized spacial score (nSPS) is 12.9. The molecule has 0 fully saturated rings. The fourth-order valence-electron chi connectivity index (χ4n) is 5.54. The fraction of sp³-hybridized carbons (Fsp3) is 0.636. The van der Waals surface area contributed by atoms with E-state index in [1.165, 1.54) is 55.9 Å². The van der Waals surface area contributed by atoms with Crippen LogP contribution < -0.4 is 10.2 Å². The fourth-order valence-corrected chi connectivity index (χ4v) is 5.54. The number of nitrogens with zero attached hydrogens (tertiary/aromatic N) is 1. The minimum absolute atomic E-state index is 0.0252. The first-order valence-corrected chi connectivity index (χ1v) is 13.5. The summed E-state index contributed by atoms with van der Waals surface area (Å²) in [6.45, 7) is 33.7. The van der Waals surface area contributed by atoms with Gasteiger partial charge in [0.05, 0.1) is 0 Å². The van der Waals surface area contributed by atoms with Gasteiger partial charge in [0.15, 0.2) is 0 Å². The maximum Gasteiger partial charge on any atom is 0.0484 e. The van der Waals surface area contributed by atoms with E-state index in [1.54, 1.807) is 0 Å². The molecule has 1 N–H and O–H groups in total. The van der Waals surface area contributed by atoms with Gasteiger partial charge in [0.2, 0.25) is 0 Å². The highest BCUT2D eigenvalue weighted by Gasteiger charge is 2.33. The highest BCUT2D eigenvalue weighted by molar-refractivity contribution is 5.95. The Kier molecular flexibility index (Phi) is 8.22. The first kappa shape index (κ1) is 29.3. The summed E-state index contributed by atoms with van der Waals surface area (Å²) < 4.78 is 0. The van der Waals surface area contributed by atoms with Gasteiger partial charge in [0.1, 0.15) is 0 Å². The number of anilines is 2. The molecule has 0 radical (unpaired) electrons. The molecule has 0 aliphatic carbocycles. The molecule has 0 heterocycles. The number of nitrogens with one attached hydrogen (secondary N) is 1. The first-order valence-electron chi connectivity index (χ1n) is 13.5. The molecule has 35 heavy (non-hydrogen) atoms. The van der Waals surface area contributed by atoms with Crippen LogP contribution in [-0.2, 0) is 16.2 Å². The summed E-state index contributed by atoms with van der Waals surface area (Å²) >= 11 is 0. The second-order valence-corrected chi connectivity index (χ2v) is 13.9. The van der Waals surface area contributed by atoms with Gasteiger partial charge in [0, 0.05) is 43.1 Å². The van der Waals surface area contributed by atoms with E-state index in [9.17, 15) is 0 Å². The van der Waals surface area contributed by atoms with Crippen LogP contribution in [0.4, 0.5) is 11.4 Å². The SMILES string of the molecule is CCN(C)c1c(C(C)(C)C)cc(C(C)(C)C)c(C)c1-c1c(C)c(C(C)C)cc(C(C)(C)C)c1NC. The molecule has 0 amide bonds. The van der Waals surface area contributed by atoms with E-state index >= 15 is 0 Å². The Bertz CT molecular complexity index is 1070. The van der Waals surface area contributed by atoms with Crippen molar-refractivity contribution in [3.63, 3.8) is 0 Å². The molecule has 0 aliphatic heterocycles. The molecule has 0 aromatic heterocycles. The zero-order valence-electron chi connectivity index (χ0n) is 25.9. The van der Waals surface area contributed by atoms with Gasteiger partial charge >= 0.3 is 0 Å². The van der Waals surface area contributed by atoms with Crippen molar-refractivity contribution in [1.82, 2.24) is 0 Å². The van der Waals surface area contributed by atoms with Crippen molar-refractivity contribution in [3.8, 4) is 11.1 Å². The van der Waals surface area contributed by atoms with Crippen LogP contribution in [0.5, 0.6) is 0 Å². The van der Waals surface area contributed by atoms with Crippen LogP contribution in [0.3, 0.4) is 0 Å². The second-order valence-electron chi connectivity index (χ2n) is 13.9. The molecule has 0 spiro atoms. The molecule has 0 saturated carbocycles. The molecule has 196 valence electrons. The molecular weight excluding hydrogens is 424 g/mol. The molecule has 0 aliphatic rings. The lowest BCUT2D eigenvalue weighted by Gasteiger charge is -2.37. The third-order valence-corrected chi connectivity index (χ3v) is 7.59. The minimum atomic E-state index is 0.0252. The average molecular weight is 479 g/mol. The quantitative estimate of drug-likeness (QED) is 0.460.